The molecule has 130 valence electrons. The number of hydrogen-bond donors (Lipinski definition) is 2. The molecule has 0 radical (unpaired) electrons. The summed E-state index contributed by atoms with van der Waals surface area (Å²) in [7, 11) is 0. The van der Waals surface area contributed by atoms with Crippen molar-refractivity contribution >= 4 is 0 Å². The van der Waals surface area contributed by atoms with Crippen LogP contribution in [0.3, 0.4) is 0 Å². The van der Waals surface area contributed by atoms with E-state index < -0.39 is 0 Å². The van der Waals surface area contributed by atoms with Crippen molar-refractivity contribution in [1.29, 1.82) is 0 Å². The third-order valence-electron chi connectivity index (χ3n) is 8.16. The van der Waals surface area contributed by atoms with Gasteiger partial charge in [0.1, 0.15) is 0 Å². The molecule has 1 saturated carbocycles. The molecule has 2 bridgehead atoms. The molecule has 1 aliphatic carbocycles. The van der Waals surface area contributed by atoms with Crippen molar-refractivity contribution in [1.82, 2.24) is 15.5 Å². The van der Waals surface area contributed by atoms with E-state index in [1.54, 1.807) is 0 Å². The fraction of sp³-hybridized carbons (Fsp3) is 1.00. The quantitative estimate of drug-likeness (QED) is 0.779. The monoisotopic (exact) mass is 317 g/mol. The van der Waals surface area contributed by atoms with Gasteiger partial charge >= 0.3 is 0 Å². The average Bonchev–Trinajstić information content (AvgIpc) is 2.63. The van der Waals surface area contributed by atoms with E-state index in [0.29, 0.717) is 5.41 Å². The lowest BCUT2D eigenvalue weighted by Gasteiger charge is -2.64. The third kappa shape index (κ3) is 2.41. The molecule has 0 spiro atoms. The molecule has 0 amide bonds. The van der Waals surface area contributed by atoms with Gasteiger partial charge in [0.2, 0.25) is 0 Å². The standard InChI is InChI=1S/C20H35N3/c1-3-9-21-18(8-1)20-13-16(12-15-6-5-10-22-19(15)20)17-7-2-4-11-23(17)14-20/h15-19,21-22H,1-14H2/t15-,16-,17+,18-,19-,20+/m1/s1. The number of nitrogens with one attached hydrogen (secondary N) is 2. The Labute approximate surface area is 142 Å². The zero-order chi connectivity index (χ0) is 15.3. The van der Waals surface area contributed by atoms with Crippen molar-refractivity contribution in [2.24, 2.45) is 17.3 Å². The molecule has 23 heavy (non-hydrogen) atoms. The van der Waals surface area contributed by atoms with Gasteiger partial charge in [-0.25, -0.2) is 0 Å². The molecule has 4 saturated heterocycles. The number of nitrogens with zero attached hydrogens (tertiary/aromatic N) is 1. The molecule has 6 atom stereocenters. The van der Waals surface area contributed by atoms with Crippen LogP contribution in [0.1, 0.15) is 64.2 Å². The van der Waals surface area contributed by atoms with Crippen molar-refractivity contribution < 1.29 is 0 Å². The Bertz CT molecular complexity index is 431. The molecule has 2 N–H and O–H groups in total. The average molecular weight is 318 g/mol. The van der Waals surface area contributed by atoms with E-state index in [1.807, 2.05) is 0 Å². The van der Waals surface area contributed by atoms with E-state index in [0.717, 1.165) is 30.0 Å². The highest BCUT2D eigenvalue weighted by Gasteiger charge is 2.58. The second-order valence-corrected chi connectivity index (χ2v) is 9.30. The molecule has 0 aromatic heterocycles. The topological polar surface area (TPSA) is 27.3 Å². The minimum absolute atomic E-state index is 0.530. The SMILES string of the molecule is C1CC[C@H]([C@@]23C[C@@H](C[C@H]4CCCN[C@H]42)[C@@H]2CCCCN2C3)NC1. The first-order chi connectivity index (χ1) is 11.4. The molecule has 4 aliphatic heterocycles. The van der Waals surface area contributed by atoms with Gasteiger partial charge in [-0.15, -0.1) is 0 Å². The van der Waals surface area contributed by atoms with Gasteiger partial charge in [0, 0.05) is 30.1 Å². The Morgan fingerprint density at radius 1 is 0.826 bits per heavy atom. The number of rotatable bonds is 1. The predicted molar refractivity (Wildman–Crippen MR) is 94.5 cm³/mol. The Hall–Kier alpha value is -0.120. The first-order valence-corrected chi connectivity index (χ1v) is 10.6. The minimum atomic E-state index is 0.530. The van der Waals surface area contributed by atoms with Crippen LogP contribution in [0.5, 0.6) is 0 Å². The van der Waals surface area contributed by atoms with Crippen LogP contribution in [0.15, 0.2) is 0 Å². The van der Waals surface area contributed by atoms with Crippen LogP contribution < -0.4 is 10.6 Å². The zero-order valence-electron chi connectivity index (χ0n) is 14.7. The molecule has 0 unspecified atom stereocenters. The molecule has 5 aliphatic rings. The number of piperidine rings is 4. The van der Waals surface area contributed by atoms with Crippen molar-refractivity contribution in [3.63, 3.8) is 0 Å². The van der Waals surface area contributed by atoms with Gasteiger partial charge < -0.3 is 10.6 Å². The predicted octanol–water partition coefficient (Wildman–Crippen LogP) is 2.76. The van der Waals surface area contributed by atoms with Gasteiger partial charge in [0.15, 0.2) is 0 Å². The van der Waals surface area contributed by atoms with E-state index in [4.69, 9.17) is 0 Å². The van der Waals surface area contributed by atoms with Gasteiger partial charge in [-0.2, -0.15) is 0 Å². The smallest absolute Gasteiger partial charge is 0.0179 e. The van der Waals surface area contributed by atoms with Crippen molar-refractivity contribution in [2.75, 3.05) is 26.2 Å². The van der Waals surface area contributed by atoms with Crippen LogP contribution in [0, 0.1) is 17.3 Å². The lowest BCUT2D eigenvalue weighted by molar-refractivity contribution is -0.117. The Morgan fingerprint density at radius 3 is 2.65 bits per heavy atom. The Balaban J connectivity index is 1.50. The first kappa shape index (κ1) is 15.2. The summed E-state index contributed by atoms with van der Waals surface area (Å²) in [5.74, 6) is 1.96. The van der Waals surface area contributed by atoms with Crippen molar-refractivity contribution in [2.45, 2.75) is 82.3 Å². The highest BCUT2D eigenvalue weighted by molar-refractivity contribution is 5.14. The molecular weight excluding hydrogens is 282 g/mol. The minimum Gasteiger partial charge on any atom is -0.313 e. The molecule has 5 rings (SSSR count). The summed E-state index contributed by atoms with van der Waals surface area (Å²) in [4.78, 5) is 2.94. The number of fused-ring (bicyclic) bond motifs is 6. The third-order valence-corrected chi connectivity index (χ3v) is 8.16. The van der Waals surface area contributed by atoms with E-state index >= 15 is 0 Å². The lowest BCUT2D eigenvalue weighted by atomic mass is 9.52. The van der Waals surface area contributed by atoms with Gasteiger partial charge in [0.25, 0.3) is 0 Å². The second kappa shape index (κ2) is 6.00. The highest BCUT2D eigenvalue weighted by atomic mass is 15.2. The van der Waals surface area contributed by atoms with Crippen LogP contribution in [0.2, 0.25) is 0 Å². The largest absolute Gasteiger partial charge is 0.313 e. The second-order valence-electron chi connectivity index (χ2n) is 9.30. The molecule has 3 nitrogen and oxygen atoms in total. The van der Waals surface area contributed by atoms with Gasteiger partial charge in [-0.1, -0.05) is 12.8 Å². The maximum absolute atomic E-state index is 4.04. The van der Waals surface area contributed by atoms with E-state index in [2.05, 4.69) is 15.5 Å². The van der Waals surface area contributed by atoms with Crippen LogP contribution in [0.25, 0.3) is 0 Å². The Kier molecular flexibility index (Phi) is 3.95. The van der Waals surface area contributed by atoms with E-state index in [-0.39, 0.29) is 0 Å². The van der Waals surface area contributed by atoms with Crippen LogP contribution in [0.4, 0.5) is 0 Å². The van der Waals surface area contributed by atoms with Gasteiger partial charge in [-0.05, 0) is 82.8 Å². The molecule has 4 heterocycles. The lowest BCUT2D eigenvalue weighted by Crippen LogP contribution is -2.72. The highest BCUT2D eigenvalue weighted by Crippen LogP contribution is 2.55. The fourth-order valence-corrected chi connectivity index (χ4v) is 7.36. The van der Waals surface area contributed by atoms with E-state index in [9.17, 15) is 0 Å². The molecule has 0 aromatic carbocycles. The maximum Gasteiger partial charge on any atom is 0.0179 e. The van der Waals surface area contributed by atoms with Gasteiger partial charge in [0.05, 0.1) is 0 Å². The summed E-state index contributed by atoms with van der Waals surface area (Å²) in [6.45, 7) is 5.30. The van der Waals surface area contributed by atoms with E-state index in [1.165, 1.54) is 90.4 Å². The zero-order valence-corrected chi connectivity index (χ0v) is 14.7. The summed E-state index contributed by atoms with van der Waals surface area (Å²) >= 11 is 0. The first-order valence-electron chi connectivity index (χ1n) is 10.6. The molecule has 0 aromatic rings. The Morgan fingerprint density at radius 2 is 1.74 bits per heavy atom. The fourth-order valence-electron chi connectivity index (χ4n) is 7.36. The summed E-state index contributed by atoms with van der Waals surface area (Å²) in [6, 6.07) is 2.51. The summed E-state index contributed by atoms with van der Waals surface area (Å²) in [5.41, 5.74) is 0.530. The maximum atomic E-state index is 4.04. The van der Waals surface area contributed by atoms with Crippen LogP contribution in [-0.2, 0) is 0 Å². The summed E-state index contributed by atoms with van der Waals surface area (Å²) in [6.07, 6.45) is 14.6. The van der Waals surface area contributed by atoms with Crippen molar-refractivity contribution in [3.8, 4) is 0 Å². The summed E-state index contributed by atoms with van der Waals surface area (Å²) < 4.78 is 0. The normalized spacial score (nSPS) is 50.9. The van der Waals surface area contributed by atoms with Crippen LogP contribution >= 0.6 is 0 Å². The molecule has 5 fully saturated rings. The summed E-state index contributed by atoms with van der Waals surface area (Å²) in [5, 5.41) is 8.04. The van der Waals surface area contributed by atoms with Gasteiger partial charge in [-0.3, -0.25) is 4.90 Å². The molecular formula is C20H35N3. The van der Waals surface area contributed by atoms with Crippen LogP contribution in [-0.4, -0.2) is 49.2 Å². The van der Waals surface area contributed by atoms with Crippen molar-refractivity contribution in [3.05, 3.63) is 0 Å². The molecule has 3 heteroatoms. The number of hydrogen-bond acceptors (Lipinski definition) is 3.